The number of hydrogen-bond acceptors (Lipinski definition) is 4. The van der Waals surface area contributed by atoms with Crippen molar-refractivity contribution in [3.8, 4) is 0 Å². The maximum absolute atomic E-state index is 12.0. The van der Waals surface area contributed by atoms with Crippen molar-refractivity contribution in [3.63, 3.8) is 0 Å². The van der Waals surface area contributed by atoms with Gasteiger partial charge in [0, 0.05) is 33.6 Å². The molecule has 0 spiro atoms. The second kappa shape index (κ2) is 7.33. The van der Waals surface area contributed by atoms with Crippen molar-refractivity contribution in [1.82, 2.24) is 20.0 Å². The molecule has 0 bridgehead atoms. The number of carbonyl (C=O) groups is 2. The Morgan fingerprint density at radius 3 is 2.73 bits per heavy atom. The number of aromatic nitrogens is 2. The van der Waals surface area contributed by atoms with Gasteiger partial charge in [-0.05, 0) is 44.2 Å². The molecular weight excluding hydrogens is 280 g/mol. The molecule has 6 heteroatoms. The summed E-state index contributed by atoms with van der Waals surface area (Å²) in [7, 11) is 1.75. The number of hydrogen-bond donors (Lipinski definition) is 0. The van der Waals surface area contributed by atoms with Crippen LogP contribution in [0.2, 0.25) is 0 Å². The van der Waals surface area contributed by atoms with Crippen LogP contribution in [0.25, 0.3) is 0 Å². The Balaban J connectivity index is 1.96. The first-order chi connectivity index (χ1) is 10.5. The van der Waals surface area contributed by atoms with Crippen molar-refractivity contribution in [2.45, 2.75) is 33.1 Å². The largest absolute Gasteiger partial charge is 0.343 e. The van der Waals surface area contributed by atoms with Crippen LogP contribution in [0.5, 0.6) is 0 Å². The molecule has 1 aliphatic rings. The average Bonchev–Trinajstić information content (AvgIpc) is 2.54. The SMILES string of the molecule is CCN(C)C(=O)c1ccc(C[C@@H]2CCCN(C(C)=O)C2)nn1. The molecule has 1 aliphatic heterocycles. The minimum absolute atomic E-state index is 0.109. The Morgan fingerprint density at radius 1 is 1.36 bits per heavy atom. The molecule has 0 unspecified atom stereocenters. The van der Waals surface area contributed by atoms with E-state index in [-0.39, 0.29) is 11.8 Å². The van der Waals surface area contributed by atoms with Crippen LogP contribution in [0.15, 0.2) is 12.1 Å². The number of rotatable bonds is 4. The van der Waals surface area contributed by atoms with Crippen molar-refractivity contribution >= 4 is 11.8 Å². The van der Waals surface area contributed by atoms with E-state index >= 15 is 0 Å². The number of carbonyl (C=O) groups excluding carboxylic acids is 2. The summed E-state index contributed by atoms with van der Waals surface area (Å²) < 4.78 is 0. The highest BCUT2D eigenvalue weighted by Crippen LogP contribution is 2.20. The lowest BCUT2D eigenvalue weighted by Crippen LogP contribution is -2.39. The van der Waals surface area contributed by atoms with Gasteiger partial charge in [0.1, 0.15) is 0 Å². The van der Waals surface area contributed by atoms with Crippen molar-refractivity contribution < 1.29 is 9.59 Å². The molecule has 0 aromatic carbocycles. The number of piperidine rings is 1. The minimum atomic E-state index is -0.109. The van der Waals surface area contributed by atoms with Crippen molar-refractivity contribution in [2.75, 3.05) is 26.7 Å². The summed E-state index contributed by atoms with van der Waals surface area (Å²) in [6.07, 6.45) is 2.94. The maximum Gasteiger partial charge on any atom is 0.274 e. The third kappa shape index (κ3) is 4.02. The van der Waals surface area contributed by atoms with Gasteiger partial charge in [-0.1, -0.05) is 0 Å². The van der Waals surface area contributed by atoms with Gasteiger partial charge in [0.25, 0.3) is 5.91 Å². The Labute approximate surface area is 131 Å². The van der Waals surface area contributed by atoms with Crippen molar-refractivity contribution in [3.05, 3.63) is 23.5 Å². The minimum Gasteiger partial charge on any atom is -0.343 e. The molecule has 0 radical (unpaired) electrons. The lowest BCUT2D eigenvalue weighted by molar-refractivity contribution is -0.130. The van der Waals surface area contributed by atoms with Gasteiger partial charge in [-0.3, -0.25) is 9.59 Å². The average molecular weight is 304 g/mol. The Morgan fingerprint density at radius 2 is 2.14 bits per heavy atom. The van der Waals surface area contributed by atoms with Gasteiger partial charge in [-0.15, -0.1) is 5.10 Å². The van der Waals surface area contributed by atoms with Crippen LogP contribution >= 0.6 is 0 Å². The molecule has 1 aromatic heterocycles. The molecule has 0 aliphatic carbocycles. The molecule has 2 rings (SSSR count). The third-order valence-electron chi connectivity index (χ3n) is 4.22. The fourth-order valence-electron chi connectivity index (χ4n) is 2.74. The molecular formula is C16H24N4O2. The molecule has 1 aromatic rings. The summed E-state index contributed by atoms with van der Waals surface area (Å²) in [5, 5.41) is 8.23. The molecule has 2 heterocycles. The Hall–Kier alpha value is -1.98. The first kappa shape index (κ1) is 16.4. The van der Waals surface area contributed by atoms with Gasteiger partial charge in [0.2, 0.25) is 5.91 Å². The Kier molecular flexibility index (Phi) is 5.46. The monoisotopic (exact) mass is 304 g/mol. The fourth-order valence-corrected chi connectivity index (χ4v) is 2.74. The van der Waals surface area contributed by atoms with Gasteiger partial charge in [-0.2, -0.15) is 5.10 Å². The van der Waals surface area contributed by atoms with Crippen LogP contribution in [0.1, 0.15) is 42.9 Å². The van der Waals surface area contributed by atoms with E-state index in [0.717, 1.165) is 38.0 Å². The first-order valence-corrected chi connectivity index (χ1v) is 7.84. The second-order valence-corrected chi connectivity index (χ2v) is 5.91. The Bertz CT molecular complexity index is 529. The standard InChI is InChI=1S/C16H24N4O2/c1-4-19(3)16(22)15-8-7-14(17-18-15)10-13-6-5-9-20(11-13)12(2)21/h7-8,13H,4-6,9-11H2,1-3H3/t13-/m0/s1. The first-order valence-electron chi connectivity index (χ1n) is 7.84. The van der Waals surface area contributed by atoms with Gasteiger partial charge in [-0.25, -0.2) is 0 Å². The lowest BCUT2D eigenvalue weighted by atomic mass is 9.93. The number of nitrogens with zero attached hydrogens (tertiary/aromatic N) is 4. The quantitative estimate of drug-likeness (QED) is 0.842. The highest BCUT2D eigenvalue weighted by atomic mass is 16.2. The number of amides is 2. The molecule has 2 amide bonds. The zero-order chi connectivity index (χ0) is 16.1. The van der Waals surface area contributed by atoms with Gasteiger partial charge < -0.3 is 9.80 Å². The summed E-state index contributed by atoms with van der Waals surface area (Å²) >= 11 is 0. The van der Waals surface area contributed by atoms with Crippen LogP contribution in [-0.4, -0.2) is 58.5 Å². The molecule has 0 N–H and O–H groups in total. The zero-order valence-corrected chi connectivity index (χ0v) is 13.6. The van der Waals surface area contributed by atoms with Crippen LogP contribution in [-0.2, 0) is 11.2 Å². The number of likely N-dealkylation sites (tertiary alicyclic amines) is 1. The predicted octanol–water partition coefficient (Wildman–Crippen LogP) is 1.37. The van der Waals surface area contributed by atoms with Crippen molar-refractivity contribution in [1.29, 1.82) is 0 Å². The molecule has 1 fully saturated rings. The molecule has 120 valence electrons. The predicted molar refractivity (Wildman–Crippen MR) is 83.3 cm³/mol. The van der Waals surface area contributed by atoms with Crippen LogP contribution in [0.4, 0.5) is 0 Å². The summed E-state index contributed by atoms with van der Waals surface area (Å²) in [4.78, 5) is 26.9. The molecule has 1 atom stereocenters. The lowest BCUT2D eigenvalue weighted by Gasteiger charge is -2.31. The molecule has 0 saturated carbocycles. The maximum atomic E-state index is 12.0. The highest BCUT2D eigenvalue weighted by Gasteiger charge is 2.22. The van der Waals surface area contributed by atoms with E-state index in [1.807, 2.05) is 17.9 Å². The van der Waals surface area contributed by atoms with Gasteiger partial charge >= 0.3 is 0 Å². The smallest absolute Gasteiger partial charge is 0.274 e. The fraction of sp³-hybridized carbons (Fsp3) is 0.625. The van der Waals surface area contributed by atoms with E-state index in [4.69, 9.17) is 0 Å². The molecule has 22 heavy (non-hydrogen) atoms. The summed E-state index contributed by atoms with van der Waals surface area (Å²) in [5.41, 5.74) is 1.26. The van der Waals surface area contributed by atoms with Crippen molar-refractivity contribution in [2.24, 2.45) is 5.92 Å². The van der Waals surface area contributed by atoms with Crippen LogP contribution in [0, 0.1) is 5.92 Å². The van der Waals surface area contributed by atoms with E-state index in [2.05, 4.69) is 10.2 Å². The van der Waals surface area contributed by atoms with Gasteiger partial charge in [0.15, 0.2) is 5.69 Å². The summed E-state index contributed by atoms with van der Waals surface area (Å²) in [5.74, 6) is 0.452. The zero-order valence-electron chi connectivity index (χ0n) is 13.6. The van der Waals surface area contributed by atoms with E-state index in [9.17, 15) is 9.59 Å². The second-order valence-electron chi connectivity index (χ2n) is 5.91. The van der Waals surface area contributed by atoms with E-state index in [0.29, 0.717) is 18.2 Å². The van der Waals surface area contributed by atoms with E-state index in [1.165, 1.54) is 0 Å². The topological polar surface area (TPSA) is 66.4 Å². The molecule has 1 saturated heterocycles. The van der Waals surface area contributed by atoms with E-state index < -0.39 is 0 Å². The third-order valence-corrected chi connectivity index (χ3v) is 4.22. The summed E-state index contributed by atoms with van der Waals surface area (Å²) in [6, 6.07) is 3.61. The summed E-state index contributed by atoms with van der Waals surface area (Å²) in [6.45, 7) is 5.83. The van der Waals surface area contributed by atoms with Crippen LogP contribution < -0.4 is 0 Å². The van der Waals surface area contributed by atoms with E-state index in [1.54, 1.807) is 24.9 Å². The van der Waals surface area contributed by atoms with Crippen LogP contribution in [0.3, 0.4) is 0 Å². The normalized spacial score (nSPS) is 18.1. The molecule has 6 nitrogen and oxygen atoms in total. The highest BCUT2D eigenvalue weighted by molar-refractivity contribution is 5.91. The van der Waals surface area contributed by atoms with Gasteiger partial charge in [0.05, 0.1) is 5.69 Å².